The molecule has 2 N–H and O–H groups in total. The second kappa shape index (κ2) is 9.76. The first kappa shape index (κ1) is 21.8. The molecule has 6 heteroatoms. The number of amides is 2. The normalized spacial score (nSPS) is 15.4. The maximum absolute atomic E-state index is 12.4. The number of carbonyl (C=O) groups excluding carboxylic acids is 2. The smallest absolute Gasteiger partial charge is 0.407 e. The number of rotatable bonds is 5. The molecule has 0 aliphatic carbocycles. The number of piperidine rings is 1. The lowest BCUT2D eigenvalue weighted by atomic mass is 10.1. The lowest BCUT2D eigenvalue weighted by Gasteiger charge is -2.32. The molecule has 1 aliphatic heterocycles. The SMILES string of the molecule is CC(C)(C)OC(=O)NC1CCN(CC(=O)Nc2ccc(-c3ccccc3)cc2)CC1. The molecule has 3 rings (SSSR count). The van der Waals surface area contributed by atoms with Gasteiger partial charge < -0.3 is 15.4 Å². The molecule has 160 valence electrons. The highest BCUT2D eigenvalue weighted by molar-refractivity contribution is 5.92. The minimum absolute atomic E-state index is 0.0268. The quantitative estimate of drug-likeness (QED) is 0.773. The number of carbonyl (C=O) groups is 2. The van der Waals surface area contributed by atoms with Crippen LogP contribution in [0.5, 0.6) is 0 Å². The monoisotopic (exact) mass is 409 g/mol. The summed E-state index contributed by atoms with van der Waals surface area (Å²) >= 11 is 0. The molecule has 0 bridgehead atoms. The van der Waals surface area contributed by atoms with Crippen LogP contribution in [0.3, 0.4) is 0 Å². The Morgan fingerprint density at radius 3 is 2.17 bits per heavy atom. The van der Waals surface area contributed by atoms with Gasteiger partial charge in [-0.2, -0.15) is 0 Å². The minimum Gasteiger partial charge on any atom is -0.444 e. The van der Waals surface area contributed by atoms with Crippen LogP contribution in [-0.2, 0) is 9.53 Å². The Bertz CT molecular complexity index is 836. The van der Waals surface area contributed by atoms with Gasteiger partial charge in [-0.15, -0.1) is 0 Å². The molecule has 1 aliphatic rings. The Morgan fingerprint density at radius 1 is 0.967 bits per heavy atom. The zero-order valence-electron chi connectivity index (χ0n) is 18.0. The first-order valence-electron chi connectivity index (χ1n) is 10.5. The number of alkyl carbamates (subject to hydrolysis) is 1. The van der Waals surface area contributed by atoms with Crippen LogP contribution < -0.4 is 10.6 Å². The summed E-state index contributed by atoms with van der Waals surface area (Å²) in [6, 6.07) is 18.1. The highest BCUT2D eigenvalue weighted by Gasteiger charge is 2.24. The van der Waals surface area contributed by atoms with Crippen molar-refractivity contribution in [2.24, 2.45) is 0 Å². The summed E-state index contributed by atoms with van der Waals surface area (Å²) in [5, 5.41) is 5.89. The molecule has 0 saturated carbocycles. The zero-order chi connectivity index (χ0) is 21.6. The fraction of sp³-hybridized carbons (Fsp3) is 0.417. The second-order valence-corrected chi connectivity index (χ2v) is 8.69. The third-order valence-corrected chi connectivity index (χ3v) is 4.95. The predicted molar refractivity (Wildman–Crippen MR) is 119 cm³/mol. The largest absolute Gasteiger partial charge is 0.444 e. The average molecular weight is 410 g/mol. The van der Waals surface area contributed by atoms with Crippen molar-refractivity contribution in [3.8, 4) is 11.1 Å². The van der Waals surface area contributed by atoms with Crippen LogP contribution in [0.25, 0.3) is 11.1 Å². The van der Waals surface area contributed by atoms with Crippen LogP contribution in [0.1, 0.15) is 33.6 Å². The summed E-state index contributed by atoms with van der Waals surface area (Å²) in [7, 11) is 0. The molecule has 0 radical (unpaired) electrons. The van der Waals surface area contributed by atoms with E-state index in [4.69, 9.17) is 4.74 Å². The van der Waals surface area contributed by atoms with Gasteiger partial charge in [0.1, 0.15) is 5.60 Å². The third kappa shape index (κ3) is 6.88. The lowest BCUT2D eigenvalue weighted by molar-refractivity contribution is -0.117. The molecule has 1 saturated heterocycles. The fourth-order valence-corrected chi connectivity index (χ4v) is 3.49. The predicted octanol–water partition coefficient (Wildman–Crippen LogP) is 4.28. The van der Waals surface area contributed by atoms with E-state index in [1.54, 1.807) is 0 Å². The van der Waals surface area contributed by atoms with E-state index in [1.807, 2.05) is 63.2 Å². The van der Waals surface area contributed by atoms with Crippen molar-refractivity contribution in [3.63, 3.8) is 0 Å². The molecule has 0 spiro atoms. The molecule has 2 aromatic rings. The van der Waals surface area contributed by atoms with Crippen molar-refractivity contribution < 1.29 is 14.3 Å². The summed E-state index contributed by atoms with van der Waals surface area (Å²) in [5.41, 5.74) is 2.56. The number of nitrogens with one attached hydrogen (secondary N) is 2. The van der Waals surface area contributed by atoms with Crippen molar-refractivity contribution in [2.45, 2.75) is 45.3 Å². The number of benzene rings is 2. The molecule has 1 heterocycles. The fourth-order valence-electron chi connectivity index (χ4n) is 3.49. The van der Waals surface area contributed by atoms with Crippen LogP contribution in [0.4, 0.5) is 10.5 Å². The Kier molecular flexibility index (Phi) is 7.11. The molecular weight excluding hydrogens is 378 g/mol. The summed E-state index contributed by atoms with van der Waals surface area (Å²) in [6.45, 7) is 7.43. The molecule has 0 aromatic heterocycles. The van der Waals surface area contributed by atoms with Gasteiger partial charge in [-0.3, -0.25) is 9.69 Å². The molecule has 2 amide bonds. The lowest BCUT2D eigenvalue weighted by Crippen LogP contribution is -2.47. The highest BCUT2D eigenvalue weighted by Crippen LogP contribution is 2.21. The van der Waals surface area contributed by atoms with E-state index in [1.165, 1.54) is 0 Å². The standard InChI is InChI=1S/C24H31N3O3/c1-24(2,3)30-23(29)26-21-13-15-27(16-14-21)17-22(28)25-20-11-9-19(10-12-20)18-7-5-4-6-8-18/h4-12,21H,13-17H2,1-3H3,(H,25,28)(H,26,29). The van der Waals surface area contributed by atoms with Crippen LogP contribution in [0.2, 0.25) is 0 Å². The molecule has 0 unspecified atom stereocenters. The number of hydrogen-bond donors (Lipinski definition) is 2. The van der Waals surface area contributed by atoms with Gasteiger partial charge in [0.25, 0.3) is 0 Å². The van der Waals surface area contributed by atoms with Gasteiger partial charge in [0.15, 0.2) is 0 Å². The maximum atomic E-state index is 12.4. The average Bonchev–Trinajstić information content (AvgIpc) is 2.69. The van der Waals surface area contributed by atoms with Gasteiger partial charge in [-0.25, -0.2) is 4.79 Å². The first-order valence-corrected chi connectivity index (χ1v) is 10.5. The summed E-state index contributed by atoms with van der Waals surface area (Å²) < 4.78 is 5.31. The highest BCUT2D eigenvalue weighted by atomic mass is 16.6. The van der Waals surface area contributed by atoms with Crippen molar-refractivity contribution in [2.75, 3.05) is 25.0 Å². The number of ether oxygens (including phenoxy) is 1. The number of nitrogens with zero attached hydrogens (tertiary/aromatic N) is 1. The van der Waals surface area contributed by atoms with Gasteiger partial charge in [-0.05, 0) is 56.9 Å². The molecule has 30 heavy (non-hydrogen) atoms. The van der Waals surface area contributed by atoms with E-state index in [9.17, 15) is 9.59 Å². The Hall–Kier alpha value is -2.86. The first-order chi connectivity index (χ1) is 14.3. The van der Waals surface area contributed by atoms with Gasteiger partial charge >= 0.3 is 6.09 Å². The molecule has 1 fully saturated rings. The van der Waals surface area contributed by atoms with E-state index >= 15 is 0 Å². The van der Waals surface area contributed by atoms with Gasteiger partial charge in [0.2, 0.25) is 5.91 Å². The van der Waals surface area contributed by atoms with Crippen LogP contribution in [0, 0.1) is 0 Å². The van der Waals surface area contributed by atoms with Crippen LogP contribution in [0.15, 0.2) is 54.6 Å². The maximum Gasteiger partial charge on any atom is 0.407 e. The third-order valence-electron chi connectivity index (χ3n) is 4.95. The summed E-state index contributed by atoms with van der Waals surface area (Å²) in [5.74, 6) is -0.0268. The molecule has 6 nitrogen and oxygen atoms in total. The second-order valence-electron chi connectivity index (χ2n) is 8.69. The topological polar surface area (TPSA) is 70.7 Å². The minimum atomic E-state index is -0.498. The summed E-state index contributed by atoms with van der Waals surface area (Å²) in [6.07, 6.45) is 1.23. The van der Waals surface area contributed by atoms with E-state index < -0.39 is 5.60 Å². The van der Waals surface area contributed by atoms with E-state index in [-0.39, 0.29) is 18.0 Å². The van der Waals surface area contributed by atoms with Crippen LogP contribution >= 0.6 is 0 Å². The van der Waals surface area contributed by atoms with E-state index in [0.29, 0.717) is 6.54 Å². The zero-order valence-corrected chi connectivity index (χ0v) is 18.0. The number of likely N-dealkylation sites (tertiary alicyclic amines) is 1. The van der Waals surface area contributed by atoms with Gasteiger partial charge in [0, 0.05) is 24.8 Å². The van der Waals surface area contributed by atoms with E-state index in [0.717, 1.165) is 42.7 Å². The van der Waals surface area contributed by atoms with Crippen molar-refractivity contribution in [1.82, 2.24) is 10.2 Å². The Balaban J connectivity index is 1.41. The van der Waals surface area contributed by atoms with Crippen molar-refractivity contribution in [1.29, 1.82) is 0 Å². The van der Waals surface area contributed by atoms with Gasteiger partial charge in [0.05, 0.1) is 6.54 Å². The molecule has 0 atom stereocenters. The molecule has 2 aromatic carbocycles. The van der Waals surface area contributed by atoms with E-state index in [2.05, 4.69) is 27.7 Å². The van der Waals surface area contributed by atoms with Crippen LogP contribution in [-0.4, -0.2) is 48.2 Å². The van der Waals surface area contributed by atoms with Gasteiger partial charge in [-0.1, -0.05) is 42.5 Å². The number of hydrogen-bond acceptors (Lipinski definition) is 4. The number of anilines is 1. The van der Waals surface area contributed by atoms with Crippen molar-refractivity contribution in [3.05, 3.63) is 54.6 Å². The molecular formula is C24H31N3O3. The Morgan fingerprint density at radius 2 is 1.57 bits per heavy atom. The summed E-state index contributed by atoms with van der Waals surface area (Å²) in [4.78, 5) is 26.4. The van der Waals surface area contributed by atoms with Crippen molar-refractivity contribution >= 4 is 17.7 Å². The Labute approximate surface area is 178 Å².